The van der Waals surface area contributed by atoms with E-state index in [1.54, 1.807) is 11.8 Å². The van der Waals surface area contributed by atoms with Crippen LogP contribution in [-0.4, -0.2) is 69.4 Å². The Bertz CT molecular complexity index is 901. The molecule has 8 nitrogen and oxygen atoms in total. The summed E-state index contributed by atoms with van der Waals surface area (Å²) in [6.07, 6.45) is 2.71. The third-order valence-electron chi connectivity index (χ3n) is 6.18. The lowest BCUT2D eigenvalue weighted by Gasteiger charge is -2.32. The molecule has 0 saturated carbocycles. The summed E-state index contributed by atoms with van der Waals surface area (Å²) in [5.74, 6) is 0.124. The number of esters is 1. The molecule has 2 heterocycles. The van der Waals surface area contributed by atoms with Gasteiger partial charge in [0.25, 0.3) is 5.91 Å². The first-order valence-corrected chi connectivity index (χ1v) is 12.4. The second-order valence-electron chi connectivity index (χ2n) is 8.27. The van der Waals surface area contributed by atoms with Crippen LogP contribution in [0.4, 0.5) is 0 Å². The molecule has 9 heteroatoms. The molecule has 0 N–H and O–H groups in total. The maximum absolute atomic E-state index is 13.2. The van der Waals surface area contributed by atoms with E-state index < -0.39 is 10.0 Å². The Labute approximate surface area is 184 Å². The van der Waals surface area contributed by atoms with Gasteiger partial charge in [0.15, 0.2) is 0 Å². The number of ether oxygens (including phenoxy) is 2. The molecular formula is C22H32N2O6S. The number of methoxy groups -OCH3 is 1. The largest absolute Gasteiger partial charge is 0.496 e. The van der Waals surface area contributed by atoms with E-state index >= 15 is 0 Å². The number of hydrogen-bond acceptors (Lipinski definition) is 6. The van der Waals surface area contributed by atoms with Crippen LogP contribution in [0.5, 0.6) is 5.75 Å². The van der Waals surface area contributed by atoms with Gasteiger partial charge in [-0.15, -0.1) is 0 Å². The van der Waals surface area contributed by atoms with Crippen molar-refractivity contribution >= 4 is 21.9 Å². The molecule has 2 fully saturated rings. The van der Waals surface area contributed by atoms with Gasteiger partial charge in [-0.2, -0.15) is 4.31 Å². The summed E-state index contributed by atoms with van der Waals surface area (Å²) in [6.45, 7) is 6.03. The quantitative estimate of drug-likeness (QED) is 0.616. The van der Waals surface area contributed by atoms with Crippen molar-refractivity contribution < 1.29 is 27.5 Å². The minimum atomic E-state index is -3.68. The van der Waals surface area contributed by atoms with Crippen molar-refractivity contribution in [1.82, 2.24) is 9.21 Å². The highest BCUT2D eigenvalue weighted by Gasteiger charge is 2.32. The number of nitrogens with zero attached hydrogens (tertiary/aromatic N) is 2. The van der Waals surface area contributed by atoms with E-state index in [1.165, 1.54) is 29.6 Å². The summed E-state index contributed by atoms with van der Waals surface area (Å²) in [4.78, 5) is 26.9. The van der Waals surface area contributed by atoms with Crippen molar-refractivity contribution in [3.63, 3.8) is 0 Å². The van der Waals surface area contributed by atoms with Gasteiger partial charge in [-0.05, 0) is 56.7 Å². The number of benzene rings is 1. The van der Waals surface area contributed by atoms with Crippen molar-refractivity contribution in [2.75, 3.05) is 39.9 Å². The summed E-state index contributed by atoms with van der Waals surface area (Å²) in [5.41, 5.74) is 0.225. The molecule has 172 valence electrons. The molecule has 0 spiro atoms. The fourth-order valence-electron chi connectivity index (χ4n) is 4.14. The first-order valence-electron chi connectivity index (χ1n) is 10.9. The average Bonchev–Trinajstić information content (AvgIpc) is 2.78. The number of sulfonamides is 1. The van der Waals surface area contributed by atoms with Gasteiger partial charge in [-0.3, -0.25) is 9.59 Å². The van der Waals surface area contributed by atoms with Crippen LogP contribution in [0.15, 0.2) is 23.1 Å². The maximum Gasteiger partial charge on any atom is 0.309 e. The molecule has 2 saturated heterocycles. The zero-order chi connectivity index (χ0) is 22.6. The predicted molar refractivity (Wildman–Crippen MR) is 115 cm³/mol. The van der Waals surface area contributed by atoms with E-state index in [2.05, 4.69) is 6.92 Å². The lowest BCUT2D eigenvalue weighted by molar-refractivity contribution is -0.149. The molecule has 0 radical (unpaired) electrons. The molecule has 0 bridgehead atoms. The van der Waals surface area contributed by atoms with E-state index in [9.17, 15) is 18.0 Å². The highest BCUT2D eigenvalue weighted by Crippen LogP contribution is 2.29. The highest BCUT2D eigenvalue weighted by molar-refractivity contribution is 7.89. The van der Waals surface area contributed by atoms with Gasteiger partial charge in [-0.25, -0.2) is 8.42 Å². The van der Waals surface area contributed by atoms with Crippen LogP contribution in [-0.2, 0) is 19.6 Å². The number of rotatable bonds is 6. The van der Waals surface area contributed by atoms with E-state index in [4.69, 9.17) is 9.47 Å². The molecule has 3 rings (SSSR count). The van der Waals surface area contributed by atoms with Crippen molar-refractivity contribution in [1.29, 1.82) is 0 Å². The molecule has 31 heavy (non-hydrogen) atoms. The smallest absolute Gasteiger partial charge is 0.309 e. The Morgan fingerprint density at radius 1 is 1.06 bits per heavy atom. The van der Waals surface area contributed by atoms with Crippen molar-refractivity contribution in [2.45, 2.75) is 44.4 Å². The van der Waals surface area contributed by atoms with Gasteiger partial charge in [0.1, 0.15) is 5.75 Å². The number of hydrogen-bond donors (Lipinski definition) is 0. The molecule has 1 amide bonds. The zero-order valence-corrected chi connectivity index (χ0v) is 19.3. The topological polar surface area (TPSA) is 93.2 Å². The lowest BCUT2D eigenvalue weighted by atomic mass is 9.96. The third kappa shape index (κ3) is 5.20. The second-order valence-corrected chi connectivity index (χ2v) is 10.2. The number of piperidine rings is 2. The fourth-order valence-corrected chi connectivity index (χ4v) is 5.63. The number of carbonyl (C=O) groups is 2. The van der Waals surface area contributed by atoms with Crippen LogP contribution in [0, 0.1) is 11.8 Å². The lowest BCUT2D eigenvalue weighted by Crippen LogP contribution is -2.41. The average molecular weight is 453 g/mol. The van der Waals surface area contributed by atoms with Crippen LogP contribution in [0.25, 0.3) is 0 Å². The van der Waals surface area contributed by atoms with Gasteiger partial charge in [0.05, 0.1) is 30.1 Å². The van der Waals surface area contributed by atoms with E-state index in [1.807, 2.05) is 0 Å². The molecule has 2 aliphatic rings. The molecule has 0 aromatic heterocycles. The van der Waals surface area contributed by atoms with Gasteiger partial charge in [0.2, 0.25) is 10.0 Å². The first-order chi connectivity index (χ1) is 14.8. The van der Waals surface area contributed by atoms with E-state index in [0.717, 1.165) is 12.8 Å². The SMILES string of the molecule is CCOC(=O)C1CCN(C(=O)c2cc(S(=O)(=O)N3CCC(C)CC3)ccc2OC)CC1. The Morgan fingerprint density at radius 2 is 1.71 bits per heavy atom. The number of amides is 1. The van der Waals surface area contributed by atoms with Crippen LogP contribution >= 0.6 is 0 Å². The Hall–Kier alpha value is -2.13. The predicted octanol–water partition coefficient (Wildman–Crippen LogP) is 2.53. The Kier molecular flexibility index (Phi) is 7.59. The molecule has 0 atom stereocenters. The van der Waals surface area contributed by atoms with Crippen LogP contribution in [0.2, 0.25) is 0 Å². The molecule has 0 unspecified atom stereocenters. The summed E-state index contributed by atoms with van der Waals surface area (Å²) in [5, 5.41) is 0. The van der Waals surface area contributed by atoms with Gasteiger partial charge in [0, 0.05) is 26.2 Å². The third-order valence-corrected chi connectivity index (χ3v) is 8.08. The number of carbonyl (C=O) groups excluding carboxylic acids is 2. The summed E-state index contributed by atoms with van der Waals surface area (Å²) in [7, 11) is -2.22. The normalized spacial score (nSPS) is 19.3. The second kappa shape index (κ2) is 9.99. The van der Waals surface area contributed by atoms with Crippen LogP contribution in [0.1, 0.15) is 49.9 Å². The van der Waals surface area contributed by atoms with Gasteiger partial charge in [-0.1, -0.05) is 6.92 Å². The van der Waals surface area contributed by atoms with Crippen molar-refractivity contribution in [3.8, 4) is 5.75 Å². The van der Waals surface area contributed by atoms with Crippen LogP contribution in [0.3, 0.4) is 0 Å². The van der Waals surface area contributed by atoms with E-state index in [0.29, 0.717) is 57.3 Å². The first kappa shape index (κ1) is 23.5. The van der Waals surface area contributed by atoms with E-state index in [-0.39, 0.29) is 28.3 Å². The highest BCUT2D eigenvalue weighted by atomic mass is 32.2. The summed E-state index contributed by atoms with van der Waals surface area (Å²) >= 11 is 0. The Morgan fingerprint density at radius 3 is 2.29 bits per heavy atom. The standard InChI is InChI=1S/C22H32N2O6S/c1-4-30-22(26)17-9-11-23(12-10-17)21(25)19-15-18(5-6-20(19)29-3)31(27,28)24-13-7-16(2)8-14-24/h5-6,15-17H,4,7-14H2,1-3H3. The molecule has 2 aliphatic heterocycles. The number of likely N-dealkylation sites (tertiary alicyclic amines) is 1. The zero-order valence-electron chi connectivity index (χ0n) is 18.5. The molecule has 0 aliphatic carbocycles. The maximum atomic E-state index is 13.2. The molecular weight excluding hydrogens is 420 g/mol. The van der Waals surface area contributed by atoms with Gasteiger partial charge >= 0.3 is 5.97 Å². The molecule has 1 aromatic carbocycles. The minimum Gasteiger partial charge on any atom is -0.496 e. The summed E-state index contributed by atoms with van der Waals surface area (Å²) < 4.78 is 38.2. The minimum absolute atomic E-state index is 0.104. The fraction of sp³-hybridized carbons (Fsp3) is 0.636. The van der Waals surface area contributed by atoms with Gasteiger partial charge < -0.3 is 14.4 Å². The summed E-state index contributed by atoms with van der Waals surface area (Å²) in [6, 6.07) is 4.46. The van der Waals surface area contributed by atoms with Crippen molar-refractivity contribution in [2.24, 2.45) is 11.8 Å². The Balaban J connectivity index is 1.78. The van der Waals surface area contributed by atoms with Crippen molar-refractivity contribution in [3.05, 3.63) is 23.8 Å². The molecule has 1 aromatic rings. The van der Waals surface area contributed by atoms with Crippen LogP contribution < -0.4 is 4.74 Å². The monoisotopic (exact) mass is 452 g/mol.